The van der Waals surface area contributed by atoms with E-state index in [9.17, 15) is 31.5 Å². The van der Waals surface area contributed by atoms with Crippen LogP contribution >= 0.6 is 0 Å². The number of rotatable bonds is 5. The largest absolute Gasteiger partial charge is 0.501 e. The van der Waals surface area contributed by atoms with E-state index >= 15 is 0 Å². The first-order chi connectivity index (χ1) is 17.6. The molecule has 1 saturated heterocycles. The highest BCUT2D eigenvalue weighted by atomic mass is 32.2. The number of pyridine rings is 1. The minimum atomic E-state index is -5.53. The van der Waals surface area contributed by atoms with Gasteiger partial charge < -0.3 is 10.0 Å². The Balaban J connectivity index is 1.45. The molecule has 2 aromatic carbocycles. The molecule has 37 heavy (non-hydrogen) atoms. The number of aromatic nitrogens is 3. The molecule has 0 atom stereocenters. The molecule has 194 valence electrons. The first-order valence-corrected chi connectivity index (χ1v) is 13.1. The molecule has 1 N–H and O–H groups in total. The summed E-state index contributed by atoms with van der Waals surface area (Å²) in [5.74, 6) is -0.442. The number of imidazole rings is 1. The molecule has 1 fully saturated rings. The molecule has 1 aliphatic rings. The van der Waals surface area contributed by atoms with Crippen LogP contribution in [0.3, 0.4) is 0 Å². The summed E-state index contributed by atoms with van der Waals surface area (Å²) in [7, 11) is -5.53. The summed E-state index contributed by atoms with van der Waals surface area (Å²) in [6, 6.07) is 11.4. The van der Waals surface area contributed by atoms with Gasteiger partial charge in [0.15, 0.2) is 0 Å². The fourth-order valence-electron chi connectivity index (χ4n) is 4.61. The fraction of sp³-hybridized carbons (Fsp3) is 0.280. The Labute approximate surface area is 210 Å². The Bertz CT molecular complexity index is 1620. The van der Waals surface area contributed by atoms with Crippen molar-refractivity contribution in [2.24, 2.45) is 0 Å². The third-order valence-electron chi connectivity index (χ3n) is 6.53. The van der Waals surface area contributed by atoms with Crippen molar-refractivity contribution in [2.45, 2.75) is 36.2 Å². The lowest BCUT2D eigenvalue weighted by molar-refractivity contribution is -0.0436. The molecule has 5 rings (SSSR count). The number of halogens is 3. The molecule has 0 amide bonds. The Morgan fingerprint density at radius 1 is 0.946 bits per heavy atom. The van der Waals surface area contributed by atoms with Gasteiger partial charge in [-0.1, -0.05) is 6.07 Å². The molecule has 3 heterocycles. The molecular formula is C25H23F3N4O4S. The Kier molecular flexibility index (Phi) is 6.22. The van der Waals surface area contributed by atoms with Crippen LogP contribution in [0.2, 0.25) is 0 Å². The Hall–Kier alpha value is -3.80. The van der Waals surface area contributed by atoms with Crippen molar-refractivity contribution < 1.29 is 26.7 Å². The number of anilines is 1. The number of benzene rings is 2. The first-order valence-electron chi connectivity index (χ1n) is 11.6. The fourth-order valence-corrected chi connectivity index (χ4v) is 5.37. The quantitative estimate of drug-likeness (QED) is 0.413. The molecule has 0 radical (unpaired) electrons. The summed E-state index contributed by atoms with van der Waals surface area (Å²) in [6.45, 7) is 2.11. The summed E-state index contributed by atoms with van der Waals surface area (Å²) in [5, 5.41) is 11.3. The predicted octanol–water partition coefficient (Wildman–Crippen LogP) is 4.22. The van der Waals surface area contributed by atoms with Gasteiger partial charge in [-0.2, -0.15) is 13.2 Å². The number of hydrogen-bond acceptors (Lipinski definition) is 6. The van der Waals surface area contributed by atoms with Crippen LogP contribution in [0.5, 0.6) is 5.88 Å². The van der Waals surface area contributed by atoms with Gasteiger partial charge in [0, 0.05) is 30.4 Å². The van der Waals surface area contributed by atoms with Crippen LogP contribution in [-0.4, -0.2) is 46.2 Å². The van der Waals surface area contributed by atoms with Gasteiger partial charge in [0.05, 0.1) is 28.8 Å². The summed E-state index contributed by atoms with van der Waals surface area (Å²) < 4.78 is 63.8. The van der Waals surface area contributed by atoms with Crippen molar-refractivity contribution >= 4 is 26.4 Å². The summed E-state index contributed by atoms with van der Waals surface area (Å²) in [4.78, 5) is 18.9. The second-order valence-electron chi connectivity index (χ2n) is 8.90. The lowest BCUT2D eigenvalue weighted by atomic mass is 10.1. The van der Waals surface area contributed by atoms with Gasteiger partial charge in [-0.3, -0.25) is 9.55 Å². The van der Waals surface area contributed by atoms with Crippen molar-refractivity contribution in [1.82, 2.24) is 14.1 Å². The number of fused-ring (bicyclic) bond motifs is 1. The molecule has 8 nitrogen and oxygen atoms in total. The molecule has 0 aliphatic carbocycles. The normalized spacial score (nSPS) is 14.8. The lowest BCUT2D eigenvalue weighted by Crippen LogP contribution is -2.29. The Morgan fingerprint density at radius 2 is 1.62 bits per heavy atom. The van der Waals surface area contributed by atoms with Crippen LogP contribution in [0, 0.1) is 0 Å². The van der Waals surface area contributed by atoms with Crippen LogP contribution in [0.25, 0.3) is 16.6 Å². The van der Waals surface area contributed by atoms with Gasteiger partial charge in [-0.25, -0.2) is 17.8 Å². The highest BCUT2D eigenvalue weighted by molar-refractivity contribution is 7.92. The van der Waals surface area contributed by atoms with E-state index in [1.165, 1.54) is 17.2 Å². The number of nitrogens with zero attached hydrogens (tertiary/aromatic N) is 4. The van der Waals surface area contributed by atoms with E-state index in [4.69, 9.17) is 0 Å². The van der Waals surface area contributed by atoms with Crippen LogP contribution in [0.1, 0.15) is 24.8 Å². The van der Waals surface area contributed by atoms with E-state index in [0.29, 0.717) is 0 Å². The number of sulfone groups is 1. The first kappa shape index (κ1) is 24.9. The average molecular weight is 533 g/mol. The monoisotopic (exact) mass is 532 g/mol. The van der Waals surface area contributed by atoms with Crippen LogP contribution < -0.4 is 10.6 Å². The molecule has 12 heteroatoms. The summed E-state index contributed by atoms with van der Waals surface area (Å²) in [5.41, 5.74) is -3.40. The molecule has 4 aromatic rings. The third kappa shape index (κ3) is 4.57. The van der Waals surface area contributed by atoms with Gasteiger partial charge in [-0.15, -0.1) is 0 Å². The zero-order valence-electron chi connectivity index (χ0n) is 19.5. The molecule has 1 aliphatic heterocycles. The van der Waals surface area contributed by atoms with E-state index < -0.39 is 31.8 Å². The predicted molar refractivity (Wildman–Crippen MR) is 132 cm³/mol. The molecule has 0 spiro atoms. The minimum absolute atomic E-state index is 0.0214. The average Bonchev–Trinajstić information content (AvgIpc) is 3.16. The lowest BCUT2D eigenvalue weighted by Gasteiger charge is -2.29. The molecule has 0 saturated carbocycles. The molecule has 0 bridgehead atoms. The van der Waals surface area contributed by atoms with Crippen molar-refractivity contribution in [3.8, 4) is 11.6 Å². The molecular weight excluding hydrogens is 509 g/mol. The number of piperidine rings is 1. The third-order valence-corrected chi connectivity index (χ3v) is 8.03. The van der Waals surface area contributed by atoms with Gasteiger partial charge in [0.2, 0.25) is 5.88 Å². The maximum atomic E-state index is 13.1. The summed E-state index contributed by atoms with van der Waals surface area (Å²) in [6.07, 6.45) is 6.40. The van der Waals surface area contributed by atoms with E-state index in [1.54, 1.807) is 12.3 Å². The van der Waals surface area contributed by atoms with Crippen molar-refractivity contribution in [2.75, 3.05) is 18.0 Å². The SMILES string of the molecule is O=c1n(Cc2ccnc3cc(N4CCCCC4)ccc23)cc(O)n1-c1ccc(S(=O)(=O)C(F)(F)F)cc1. The highest BCUT2D eigenvalue weighted by Gasteiger charge is 2.46. The van der Waals surface area contributed by atoms with Crippen molar-refractivity contribution in [1.29, 1.82) is 0 Å². The van der Waals surface area contributed by atoms with Gasteiger partial charge in [-0.05, 0) is 67.3 Å². The van der Waals surface area contributed by atoms with Crippen molar-refractivity contribution in [3.63, 3.8) is 0 Å². The maximum absolute atomic E-state index is 13.1. The van der Waals surface area contributed by atoms with Gasteiger partial charge in [0.25, 0.3) is 9.84 Å². The highest BCUT2D eigenvalue weighted by Crippen LogP contribution is 2.31. The number of hydrogen-bond donors (Lipinski definition) is 1. The van der Waals surface area contributed by atoms with E-state index in [2.05, 4.69) is 9.88 Å². The summed E-state index contributed by atoms with van der Waals surface area (Å²) >= 11 is 0. The standard InChI is InChI=1S/C25H23F3N4O4S/c26-25(27,28)37(35,36)20-7-4-18(5-8-20)32-23(33)16-31(24(32)34)15-17-10-11-29-22-14-19(6-9-21(17)22)30-12-2-1-3-13-30/h4-11,14,16,33H,1-3,12-13,15H2. The Morgan fingerprint density at radius 3 is 2.30 bits per heavy atom. The van der Waals surface area contributed by atoms with Crippen molar-refractivity contribution in [3.05, 3.63) is 77.0 Å². The zero-order valence-corrected chi connectivity index (χ0v) is 20.3. The number of aromatic hydroxyl groups is 1. The van der Waals surface area contributed by atoms with Crippen LogP contribution in [0.4, 0.5) is 18.9 Å². The van der Waals surface area contributed by atoms with E-state index in [-0.39, 0.29) is 12.2 Å². The second kappa shape index (κ2) is 9.25. The minimum Gasteiger partial charge on any atom is -0.493 e. The molecule has 0 unspecified atom stereocenters. The van der Waals surface area contributed by atoms with Crippen LogP contribution in [0.15, 0.2) is 70.6 Å². The van der Waals surface area contributed by atoms with Gasteiger partial charge in [0.1, 0.15) is 0 Å². The zero-order chi connectivity index (χ0) is 26.4. The second-order valence-corrected chi connectivity index (χ2v) is 10.8. The van der Waals surface area contributed by atoms with Gasteiger partial charge >= 0.3 is 11.2 Å². The number of alkyl halides is 3. The smallest absolute Gasteiger partial charge is 0.493 e. The topological polar surface area (TPSA) is 97.4 Å². The van der Waals surface area contributed by atoms with E-state index in [0.717, 1.165) is 76.9 Å². The van der Waals surface area contributed by atoms with Crippen LogP contribution in [-0.2, 0) is 16.4 Å². The maximum Gasteiger partial charge on any atom is 0.501 e. The van der Waals surface area contributed by atoms with E-state index in [1.807, 2.05) is 18.2 Å². The molecule has 2 aromatic heterocycles.